The van der Waals surface area contributed by atoms with Gasteiger partial charge >= 0.3 is 0 Å². The molecule has 1 heterocycles. The molecule has 9 nitrogen and oxygen atoms in total. The Morgan fingerprint density at radius 1 is 1.22 bits per heavy atom. The van der Waals surface area contributed by atoms with Crippen molar-refractivity contribution in [2.24, 2.45) is 5.10 Å². The van der Waals surface area contributed by atoms with Crippen LogP contribution in [-0.2, 0) is 0 Å². The van der Waals surface area contributed by atoms with Crippen molar-refractivity contribution in [1.29, 1.82) is 0 Å². The number of hydrazone groups is 1. The maximum Gasteiger partial charge on any atom is 0.271 e. The highest BCUT2D eigenvalue weighted by atomic mass is 16.6. The second kappa shape index (κ2) is 7.91. The molecule has 0 atom stereocenters. The van der Waals surface area contributed by atoms with E-state index in [0.29, 0.717) is 5.56 Å². The van der Waals surface area contributed by atoms with Crippen LogP contribution < -0.4 is 10.2 Å². The fraction of sp³-hybridized carbons (Fsp3) is 0.0556. The van der Waals surface area contributed by atoms with Gasteiger partial charge in [0.15, 0.2) is 0 Å². The first-order valence-electron chi connectivity index (χ1n) is 7.84. The summed E-state index contributed by atoms with van der Waals surface area (Å²) in [4.78, 5) is 22.2. The van der Waals surface area contributed by atoms with E-state index in [4.69, 9.17) is 4.74 Å². The Morgan fingerprint density at radius 2 is 1.93 bits per heavy atom. The molecule has 1 aromatic heterocycles. The highest BCUT2D eigenvalue weighted by Crippen LogP contribution is 2.22. The van der Waals surface area contributed by atoms with Gasteiger partial charge in [-0.2, -0.15) is 10.2 Å². The van der Waals surface area contributed by atoms with E-state index in [9.17, 15) is 14.9 Å². The highest BCUT2D eigenvalue weighted by molar-refractivity contribution is 5.95. The fourth-order valence-corrected chi connectivity index (χ4v) is 2.34. The topological polar surface area (TPSA) is 123 Å². The first-order chi connectivity index (χ1) is 13.1. The van der Waals surface area contributed by atoms with Crippen LogP contribution in [-0.4, -0.2) is 34.4 Å². The number of aromatic amines is 1. The van der Waals surface area contributed by atoms with Crippen LogP contribution in [0.1, 0.15) is 15.9 Å². The summed E-state index contributed by atoms with van der Waals surface area (Å²) in [5, 5.41) is 21.4. The van der Waals surface area contributed by atoms with Crippen molar-refractivity contribution in [1.82, 2.24) is 15.6 Å². The van der Waals surface area contributed by atoms with E-state index in [1.54, 1.807) is 13.3 Å². The Bertz CT molecular complexity index is 978. The van der Waals surface area contributed by atoms with Crippen molar-refractivity contribution in [3.8, 4) is 17.0 Å². The molecule has 0 saturated heterocycles. The van der Waals surface area contributed by atoms with E-state index in [0.717, 1.165) is 17.0 Å². The molecule has 9 heteroatoms. The zero-order chi connectivity index (χ0) is 19.2. The molecule has 0 bridgehead atoms. The zero-order valence-corrected chi connectivity index (χ0v) is 14.2. The minimum atomic E-state index is -0.528. The van der Waals surface area contributed by atoms with Crippen molar-refractivity contribution in [2.75, 3.05) is 7.11 Å². The second-order valence-electron chi connectivity index (χ2n) is 5.43. The number of hydrogen-bond acceptors (Lipinski definition) is 6. The number of amides is 1. The van der Waals surface area contributed by atoms with Crippen molar-refractivity contribution in [3.63, 3.8) is 0 Å². The predicted molar refractivity (Wildman–Crippen MR) is 98.7 cm³/mol. The number of H-pyrrole nitrogens is 1. The number of benzene rings is 2. The maximum atomic E-state index is 12.0. The van der Waals surface area contributed by atoms with E-state index < -0.39 is 10.8 Å². The van der Waals surface area contributed by atoms with Gasteiger partial charge in [0.25, 0.3) is 11.6 Å². The van der Waals surface area contributed by atoms with Gasteiger partial charge < -0.3 is 4.74 Å². The summed E-state index contributed by atoms with van der Waals surface area (Å²) in [5.41, 5.74) is 4.87. The number of carbonyl (C=O) groups is 1. The van der Waals surface area contributed by atoms with Crippen LogP contribution >= 0.6 is 0 Å². The molecule has 0 aliphatic rings. The molecule has 3 aromatic rings. The van der Waals surface area contributed by atoms with Crippen LogP contribution in [0.25, 0.3) is 11.3 Å². The lowest BCUT2D eigenvalue weighted by molar-refractivity contribution is -0.384. The molecule has 2 N–H and O–H groups in total. The lowest BCUT2D eigenvalue weighted by Crippen LogP contribution is -2.17. The van der Waals surface area contributed by atoms with E-state index in [-0.39, 0.29) is 11.3 Å². The van der Waals surface area contributed by atoms with E-state index in [1.165, 1.54) is 30.5 Å². The highest BCUT2D eigenvalue weighted by Gasteiger charge is 2.09. The quantitative estimate of drug-likeness (QED) is 0.395. The number of non-ortho nitro benzene ring substituents is 1. The Kier molecular flexibility index (Phi) is 5.22. The van der Waals surface area contributed by atoms with Crippen molar-refractivity contribution >= 4 is 17.8 Å². The summed E-state index contributed by atoms with van der Waals surface area (Å²) in [7, 11) is 1.59. The molecule has 0 spiro atoms. The van der Waals surface area contributed by atoms with Crippen LogP contribution in [0.4, 0.5) is 5.69 Å². The number of aromatic nitrogens is 2. The third-order valence-electron chi connectivity index (χ3n) is 3.76. The number of nitrogens with one attached hydrogen (secondary N) is 2. The third-order valence-corrected chi connectivity index (χ3v) is 3.76. The number of ether oxygens (including phenoxy) is 1. The van der Waals surface area contributed by atoms with Gasteiger partial charge in [-0.1, -0.05) is 0 Å². The SMILES string of the molecule is COc1ccc(-c2[nH]ncc2/C=N\NC(=O)c2ccc([N+](=O)[O-])cc2)cc1. The lowest BCUT2D eigenvalue weighted by Gasteiger charge is -2.03. The number of carbonyl (C=O) groups excluding carboxylic acids is 1. The molecule has 1 amide bonds. The average Bonchev–Trinajstić information content (AvgIpc) is 3.16. The minimum absolute atomic E-state index is 0.0856. The maximum absolute atomic E-state index is 12.0. The largest absolute Gasteiger partial charge is 0.497 e. The monoisotopic (exact) mass is 365 g/mol. The zero-order valence-electron chi connectivity index (χ0n) is 14.2. The van der Waals surface area contributed by atoms with Gasteiger partial charge in [-0.25, -0.2) is 5.43 Å². The van der Waals surface area contributed by atoms with Gasteiger partial charge in [0.2, 0.25) is 0 Å². The van der Waals surface area contributed by atoms with Gasteiger partial charge in [-0.05, 0) is 36.4 Å². The number of methoxy groups -OCH3 is 1. The van der Waals surface area contributed by atoms with E-state index in [1.807, 2.05) is 24.3 Å². The van der Waals surface area contributed by atoms with Gasteiger partial charge in [0.1, 0.15) is 5.75 Å². The smallest absolute Gasteiger partial charge is 0.271 e. The first-order valence-corrected chi connectivity index (χ1v) is 7.84. The molecule has 27 heavy (non-hydrogen) atoms. The molecular weight excluding hydrogens is 350 g/mol. The molecule has 2 aromatic carbocycles. The predicted octanol–water partition coefficient (Wildman–Crippen LogP) is 2.76. The normalized spacial score (nSPS) is 10.7. The van der Waals surface area contributed by atoms with Crippen molar-refractivity contribution in [3.05, 3.63) is 76.0 Å². The van der Waals surface area contributed by atoms with Crippen LogP contribution in [0, 0.1) is 10.1 Å². The van der Waals surface area contributed by atoms with Crippen LogP contribution in [0.15, 0.2) is 59.8 Å². The average molecular weight is 365 g/mol. The number of rotatable bonds is 6. The number of nitro groups is 1. The van der Waals surface area contributed by atoms with Gasteiger partial charge in [0.05, 0.1) is 30.1 Å². The van der Waals surface area contributed by atoms with E-state index in [2.05, 4.69) is 20.7 Å². The van der Waals surface area contributed by atoms with Crippen LogP contribution in [0.3, 0.4) is 0 Å². The molecule has 3 rings (SSSR count). The summed E-state index contributed by atoms with van der Waals surface area (Å²) in [6.45, 7) is 0. The van der Waals surface area contributed by atoms with Gasteiger partial charge in [0, 0.05) is 28.8 Å². The molecule has 0 aliphatic heterocycles. The fourth-order valence-electron chi connectivity index (χ4n) is 2.34. The molecular formula is C18H15N5O4. The standard InChI is InChI=1S/C18H15N5O4/c1-27-16-8-4-12(5-9-16)17-14(10-19-21-17)11-20-22-18(24)13-2-6-15(7-3-13)23(25)26/h2-11H,1H3,(H,19,21)(H,22,24)/b20-11-. The van der Waals surface area contributed by atoms with Crippen molar-refractivity contribution in [2.45, 2.75) is 0 Å². The van der Waals surface area contributed by atoms with Crippen LogP contribution in [0.5, 0.6) is 5.75 Å². The van der Waals surface area contributed by atoms with Gasteiger partial charge in [-0.15, -0.1) is 0 Å². The number of hydrogen-bond donors (Lipinski definition) is 2. The molecule has 0 unspecified atom stereocenters. The van der Waals surface area contributed by atoms with Crippen molar-refractivity contribution < 1.29 is 14.5 Å². The van der Waals surface area contributed by atoms with Crippen LogP contribution in [0.2, 0.25) is 0 Å². The summed E-state index contributed by atoms with van der Waals surface area (Å²) >= 11 is 0. The summed E-state index contributed by atoms with van der Waals surface area (Å²) in [6.07, 6.45) is 3.05. The lowest BCUT2D eigenvalue weighted by atomic mass is 10.1. The summed E-state index contributed by atoms with van der Waals surface area (Å²) < 4.78 is 5.13. The third kappa shape index (κ3) is 4.15. The number of nitro benzene ring substituents is 1. The Hall–Kier alpha value is -4.01. The number of nitrogens with zero attached hydrogens (tertiary/aromatic N) is 3. The molecule has 0 saturated carbocycles. The summed E-state index contributed by atoms with van der Waals surface area (Å²) in [6, 6.07) is 12.7. The Morgan fingerprint density at radius 3 is 2.56 bits per heavy atom. The first kappa shape index (κ1) is 17.8. The second-order valence-corrected chi connectivity index (χ2v) is 5.43. The summed E-state index contributed by atoms with van der Waals surface area (Å²) in [5.74, 6) is 0.263. The Labute approximate surface area is 153 Å². The molecule has 0 aliphatic carbocycles. The molecule has 136 valence electrons. The van der Waals surface area contributed by atoms with Gasteiger partial charge in [-0.3, -0.25) is 20.0 Å². The Balaban J connectivity index is 1.69. The van der Waals surface area contributed by atoms with E-state index >= 15 is 0 Å². The minimum Gasteiger partial charge on any atom is -0.497 e. The molecule has 0 fully saturated rings. The molecule has 0 radical (unpaired) electrons.